The molecule has 82 valence electrons. The third-order valence-corrected chi connectivity index (χ3v) is 3.54. The van der Waals surface area contributed by atoms with Crippen molar-refractivity contribution in [2.24, 2.45) is 11.3 Å². The smallest absolute Gasteiger partial charge is 0.148 e. The molecule has 1 aliphatic rings. The van der Waals surface area contributed by atoms with Gasteiger partial charge in [0.2, 0.25) is 0 Å². The Labute approximate surface area is 91.3 Å². The Kier molecular flexibility index (Phi) is 2.63. The number of nitrogens with zero attached hydrogens (tertiary/aromatic N) is 2. The summed E-state index contributed by atoms with van der Waals surface area (Å²) < 4.78 is 0. The molecular formula is C12H19N3. The lowest BCUT2D eigenvalue weighted by atomic mass is 9.92. The molecule has 1 aromatic heterocycles. The van der Waals surface area contributed by atoms with Crippen molar-refractivity contribution >= 4 is 5.82 Å². The molecule has 3 nitrogen and oxygen atoms in total. The summed E-state index contributed by atoms with van der Waals surface area (Å²) in [4.78, 5) is 0. The summed E-state index contributed by atoms with van der Waals surface area (Å²) in [6, 6.07) is 3.99. The second-order valence-electron chi connectivity index (χ2n) is 4.93. The maximum atomic E-state index is 4.11. The quantitative estimate of drug-likeness (QED) is 0.821. The van der Waals surface area contributed by atoms with Crippen LogP contribution in [-0.2, 0) is 0 Å². The van der Waals surface area contributed by atoms with Gasteiger partial charge in [-0.2, -0.15) is 5.10 Å². The second-order valence-corrected chi connectivity index (χ2v) is 4.93. The van der Waals surface area contributed by atoms with Gasteiger partial charge in [0.1, 0.15) is 5.82 Å². The fraction of sp³-hybridized carbons (Fsp3) is 0.667. The van der Waals surface area contributed by atoms with Crippen molar-refractivity contribution in [2.45, 2.75) is 33.6 Å². The SMILES string of the molecule is Cc1ccc(NCC2(C(C)C)CC2)nn1. The van der Waals surface area contributed by atoms with Gasteiger partial charge in [0.15, 0.2) is 0 Å². The van der Waals surface area contributed by atoms with Gasteiger partial charge in [-0.1, -0.05) is 13.8 Å². The van der Waals surface area contributed by atoms with Crippen LogP contribution < -0.4 is 5.32 Å². The van der Waals surface area contributed by atoms with E-state index in [0.29, 0.717) is 5.41 Å². The van der Waals surface area contributed by atoms with Crippen molar-refractivity contribution in [3.05, 3.63) is 17.8 Å². The summed E-state index contributed by atoms with van der Waals surface area (Å²) in [6.45, 7) is 7.58. The number of hydrogen-bond acceptors (Lipinski definition) is 3. The zero-order valence-electron chi connectivity index (χ0n) is 9.75. The minimum absolute atomic E-state index is 0.520. The van der Waals surface area contributed by atoms with E-state index in [4.69, 9.17) is 0 Å². The van der Waals surface area contributed by atoms with Gasteiger partial charge in [0.25, 0.3) is 0 Å². The van der Waals surface area contributed by atoms with Gasteiger partial charge in [-0.3, -0.25) is 0 Å². The van der Waals surface area contributed by atoms with Crippen LogP contribution in [0.3, 0.4) is 0 Å². The van der Waals surface area contributed by atoms with Crippen molar-refractivity contribution in [1.82, 2.24) is 10.2 Å². The van der Waals surface area contributed by atoms with Gasteiger partial charge in [-0.15, -0.1) is 5.10 Å². The first kappa shape index (κ1) is 10.4. The molecule has 15 heavy (non-hydrogen) atoms. The first-order chi connectivity index (χ1) is 7.12. The molecule has 0 bridgehead atoms. The fourth-order valence-corrected chi connectivity index (χ4v) is 1.88. The normalized spacial score (nSPS) is 17.9. The molecular weight excluding hydrogens is 186 g/mol. The molecule has 0 unspecified atom stereocenters. The maximum absolute atomic E-state index is 4.11. The highest BCUT2D eigenvalue weighted by Crippen LogP contribution is 2.51. The summed E-state index contributed by atoms with van der Waals surface area (Å²) in [6.07, 6.45) is 2.69. The highest BCUT2D eigenvalue weighted by Gasteiger charge is 2.44. The summed E-state index contributed by atoms with van der Waals surface area (Å²) in [5, 5.41) is 11.5. The Hall–Kier alpha value is -1.12. The first-order valence-electron chi connectivity index (χ1n) is 5.67. The van der Waals surface area contributed by atoms with E-state index in [1.165, 1.54) is 12.8 Å². The monoisotopic (exact) mass is 205 g/mol. The van der Waals surface area contributed by atoms with Gasteiger partial charge in [0, 0.05) is 6.54 Å². The van der Waals surface area contributed by atoms with Crippen LogP contribution in [0, 0.1) is 18.3 Å². The van der Waals surface area contributed by atoms with Crippen LogP contribution in [0.2, 0.25) is 0 Å². The zero-order chi connectivity index (χ0) is 10.9. The number of anilines is 1. The maximum Gasteiger partial charge on any atom is 0.148 e. The minimum atomic E-state index is 0.520. The Morgan fingerprint density at radius 2 is 2.07 bits per heavy atom. The van der Waals surface area contributed by atoms with Crippen LogP contribution >= 0.6 is 0 Å². The largest absolute Gasteiger partial charge is 0.368 e. The molecule has 2 rings (SSSR count). The fourth-order valence-electron chi connectivity index (χ4n) is 1.88. The van der Waals surface area contributed by atoms with E-state index in [1.54, 1.807) is 0 Å². The molecule has 0 aromatic carbocycles. The number of hydrogen-bond donors (Lipinski definition) is 1. The van der Waals surface area contributed by atoms with E-state index in [1.807, 2.05) is 19.1 Å². The summed E-state index contributed by atoms with van der Waals surface area (Å²) in [5.74, 6) is 1.65. The first-order valence-corrected chi connectivity index (χ1v) is 5.67. The molecule has 1 N–H and O–H groups in total. The van der Waals surface area contributed by atoms with E-state index in [-0.39, 0.29) is 0 Å². The lowest BCUT2D eigenvalue weighted by Crippen LogP contribution is -2.21. The van der Waals surface area contributed by atoms with Crippen LogP contribution in [0.5, 0.6) is 0 Å². The predicted octanol–water partition coefficient (Wildman–Crippen LogP) is 2.63. The molecule has 0 spiro atoms. The molecule has 1 aliphatic carbocycles. The van der Waals surface area contributed by atoms with Crippen molar-refractivity contribution < 1.29 is 0 Å². The van der Waals surface area contributed by atoms with Crippen LogP contribution in [0.4, 0.5) is 5.82 Å². The van der Waals surface area contributed by atoms with Crippen molar-refractivity contribution in [3.8, 4) is 0 Å². The van der Waals surface area contributed by atoms with Gasteiger partial charge >= 0.3 is 0 Å². The lowest BCUT2D eigenvalue weighted by Gasteiger charge is -2.20. The van der Waals surface area contributed by atoms with E-state index in [9.17, 15) is 0 Å². The Bertz CT molecular complexity index is 325. The van der Waals surface area contributed by atoms with Gasteiger partial charge in [-0.25, -0.2) is 0 Å². The molecule has 0 saturated heterocycles. The molecule has 0 amide bonds. The number of aromatic nitrogens is 2. The van der Waals surface area contributed by atoms with Crippen LogP contribution in [-0.4, -0.2) is 16.7 Å². The van der Waals surface area contributed by atoms with Crippen molar-refractivity contribution in [2.75, 3.05) is 11.9 Å². The Morgan fingerprint density at radius 1 is 1.33 bits per heavy atom. The summed E-state index contributed by atoms with van der Waals surface area (Å²) in [5.41, 5.74) is 1.48. The van der Waals surface area contributed by atoms with E-state index < -0.39 is 0 Å². The van der Waals surface area contributed by atoms with Crippen LogP contribution in [0.15, 0.2) is 12.1 Å². The van der Waals surface area contributed by atoms with Gasteiger partial charge in [0.05, 0.1) is 5.69 Å². The van der Waals surface area contributed by atoms with Crippen molar-refractivity contribution in [3.63, 3.8) is 0 Å². The Morgan fingerprint density at radius 3 is 2.53 bits per heavy atom. The van der Waals surface area contributed by atoms with E-state index in [0.717, 1.165) is 24.0 Å². The molecule has 0 aliphatic heterocycles. The third kappa shape index (κ3) is 2.28. The molecule has 3 heteroatoms. The molecule has 1 heterocycles. The lowest BCUT2D eigenvalue weighted by molar-refractivity contribution is 0.379. The average Bonchev–Trinajstić information content (AvgIpc) is 2.98. The summed E-state index contributed by atoms with van der Waals surface area (Å²) >= 11 is 0. The Balaban J connectivity index is 1.91. The van der Waals surface area contributed by atoms with E-state index in [2.05, 4.69) is 29.4 Å². The standard InChI is InChI=1S/C12H19N3/c1-9(2)12(6-7-12)8-13-11-5-4-10(3)14-15-11/h4-5,9H,6-8H2,1-3H3,(H,13,15). The molecule has 0 atom stereocenters. The van der Waals surface area contributed by atoms with Gasteiger partial charge < -0.3 is 5.32 Å². The molecule has 1 saturated carbocycles. The zero-order valence-corrected chi connectivity index (χ0v) is 9.75. The van der Waals surface area contributed by atoms with Crippen LogP contribution in [0.1, 0.15) is 32.4 Å². The highest BCUT2D eigenvalue weighted by molar-refractivity contribution is 5.33. The predicted molar refractivity (Wildman–Crippen MR) is 61.8 cm³/mol. The number of aryl methyl sites for hydroxylation is 1. The minimum Gasteiger partial charge on any atom is -0.368 e. The van der Waals surface area contributed by atoms with Gasteiger partial charge in [-0.05, 0) is 43.2 Å². The van der Waals surface area contributed by atoms with E-state index >= 15 is 0 Å². The van der Waals surface area contributed by atoms with Crippen molar-refractivity contribution in [1.29, 1.82) is 0 Å². The third-order valence-electron chi connectivity index (χ3n) is 3.54. The average molecular weight is 205 g/mol. The molecule has 0 radical (unpaired) electrons. The number of rotatable bonds is 4. The second kappa shape index (κ2) is 3.80. The topological polar surface area (TPSA) is 37.8 Å². The molecule has 1 fully saturated rings. The van der Waals surface area contributed by atoms with Crippen LogP contribution in [0.25, 0.3) is 0 Å². The summed E-state index contributed by atoms with van der Waals surface area (Å²) in [7, 11) is 0. The molecule has 1 aromatic rings. The number of nitrogens with one attached hydrogen (secondary N) is 1. The highest BCUT2D eigenvalue weighted by atomic mass is 15.2.